The minimum absolute atomic E-state index is 0.0898. The van der Waals surface area contributed by atoms with E-state index < -0.39 is 0 Å². The maximum absolute atomic E-state index is 12.9. The highest BCUT2D eigenvalue weighted by Gasteiger charge is 2.51. The van der Waals surface area contributed by atoms with E-state index in [-0.39, 0.29) is 29.3 Å². The van der Waals surface area contributed by atoms with Gasteiger partial charge in [0.2, 0.25) is 11.8 Å². The third kappa shape index (κ3) is 3.57. The second-order valence-electron chi connectivity index (χ2n) is 7.69. The predicted octanol–water partition coefficient (Wildman–Crippen LogP) is 1.14. The van der Waals surface area contributed by atoms with Gasteiger partial charge in [0.05, 0.1) is 12.0 Å². The van der Waals surface area contributed by atoms with E-state index in [0.717, 1.165) is 32.4 Å². The first-order valence-electron chi connectivity index (χ1n) is 8.02. The maximum Gasteiger partial charge on any atom is 0.240 e. The van der Waals surface area contributed by atoms with E-state index in [2.05, 4.69) is 10.6 Å². The van der Waals surface area contributed by atoms with Gasteiger partial charge in [-0.15, -0.1) is 0 Å². The van der Waals surface area contributed by atoms with Crippen molar-refractivity contribution in [1.82, 2.24) is 15.5 Å². The zero-order valence-corrected chi connectivity index (χ0v) is 13.8. The molecule has 120 valence electrons. The molecule has 2 fully saturated rings. The quantitative estimate of drug-likeness (QED) is 0.821. The Balaban J connectivity index is 2.00. The fraction of sp³-hybridized carbons (Fsp3) is 0.875. The first-order valence-corrected chi connectivity index (χ1v) is 8.02. The smallest absolute Gasteiger partial charge is 0.240 e. The van der Waals surface area contributed by atoms with Gasteiger partial charge < -0.3 is 15.5 Å². The lowest BCUT2D eigenvalue weighted by Gasteiger charge is -2.39. The van der Waals surface area contributed by atoms with Crippen LogP contribution in [0.1, 0.15) is 46.5 Å². The molecule has 21 heavy (non-hydrogen) atoms. The van der Waals surface area contributed by atoms with Crippen LogP contribution in [0.25, 0.3) is 0 Å². The van der Waals surface area contributed by atoms with E-state index in [4.69, 9.17) is 0 Å². The number of likely N-dealkylation sites (N-methyl/N-ethyl adjacent to an activating group) is 1. The Bertz CT molecular complexity index is 416. The molecule has 1 heterocycles. The number of nitrogens with zero attached hydrogens (tertiary/aromatic N) is 1. The van der Waals surface area contributed by atoms with Gasteiger partial charge in [-0.3, -0.25) is 9.59 Å². The van der Waals surface area contributed by atoms with Crippen LogP contribution >= 0.6 is 0 Å². The Kier molecular flexibility index (Phi) is 4.61. The Morgan fingerprint density at radius 2 is 2.05 bits per heavy atom. The summed E-state index contributed by atoms with van der Waals surface area (Å²) in [5.74, 6) is 0.487. The fourth-order valence-corrected chi connectivity index (χ4v) is 3.79. The standard InChI is InChI=1S/C16H29N3O2/c1-15(2,3)18-13(20)10-19(4)14(21)16-8-6-5-7-12(16)9-17-11-16/h12,17H,5-11H2,1-4H3,(H,18,20)/t12-,16+/m0/s1. The molecule has 2 N–H and O–H groups in total. The molecule has 2 atom stereocenters. The molecule has 0 spiro atoms. The Labute approximate surface area is 127 Å². The van der Waals surface area contributed by atoms with Crippen LogP contribution in [-0.4, -0.2) is 48.9 Å². The van der Waals surface area contributed by atoms with E-state index in [1.165, 1.54) is 6.42 Å². The summed E-state index contributed by atoms with van der Waals surface area (Å²) in [5.41, 5.74) is -0.531. The minimum Gasteiger partial charge on any atom is -0.350 e. The summed E-state index contributed by atoms with van der Waals surface area (Å²) < 4.78 is 0. The normalized spacial score (nSPS) is 28.9. The number of hydrogen-bond acceptors (Lipinski definition) is 3. The molecule has 0 radical (unpaired) electrons. The monoisotopic (exact) mass is 295 g/mol. The number of fused-ring (bicyclic) bond motifs is 1. The van der Waals surface area contributed by atoms with E-state index >= 15 is 0 Å². The number of hydrogen-bond donors (Lipinski definition) is 2. The highest BCUT2D eigenvalue weighted by atomic mass is 16.2. The molecule has 0 bridgehead atoms. The van der Waals surface area contributed by atoms with Gasteiger partial charge in [0.15, 0.2) is 0 Å². The van der Waals surface area contributed by atoms with Crippen molar-refractivity contribution in [3.63, 3.8) is 0 Å². The molecular weight excluding hydrogens is 266 g/mol. The summed E-state index contributed by atoms with van der Waals surface area (Å²) in [7, 11) is 1.75. The van der Waals surface area contributed by atoms with Crippen molar-refractivity contribution < 1.29 is 9.59 Å². The Morgan fingerprint density at radius 1 is 1.33 bits per heavy atom. The zero-order valence-electron chi connectivity index (χ0n) is 13.8. The van der Waals surface area contributed by atoms with Gasteiger partial charge >= 0.3 is 0 Å². The van der Waals surface area contributed by atoms with E-state index in [0.29, 0.717) is 5.92 Å². The fourth-order valence-electron chi connectivity index (χ4n) is 3.79. The summed E-state index contributed by atoms with van der Waals surface area (Å²) in [6.45, 7) is 7.69. The number of nitrogens with one attached hydrogen (secondary N) is 2. The predicted molar refractivity (Wildman–Crippen MR) is 82.8 cm³/mol. The molecule has 1 saturated heterocycles. The van der Waals surface area contributed by atoms with Crippen LogP contribution < -0.4 is 10.6 Å². The number of rotatable bonds is 3. The molecule has 0 aromatic rings. The lowest BCUT2D eigenvalue weighted by atomic mass is 9.67. The maximum atomic E-state index is 12.9. The third-order valence-electron chi connectivity index (χ3n) is 4.71. The summed E-state index contributed by atoms with van der Waals surface area (Å²) in [6.07, 6.45) is 4.41. The van der Waals surface area contributed by atoms with Gasteiger partial charge in [0, 0.05) is 19.1 Å². The lowest BCUT2D eigenvalue weighted by Crippen LogP contribution is -2.52. The van der Waals surface area contributed by atoms with Gasteiger partial charge in [-0.2, -0.15) is 0 Å². The largest absolute Gasteiger partial charge is 0.350 e. The van der Waals surface area contributed by atoms with Crippen LogP contribution in [0.15, 0.2) is 0 Å². The molecule has 0 unspecified atom stereocenters. The summed E-state index contributed by atoms with van der Waals surface area (Å²) >= 11 is 0. The van der Waals surface area contributed by atoms with E-state index in [1.807, 2.05) is 20.8 Å². The first-order chi connectivity index (χ1) is 9.74. The van der Waals surface area contributed by atoms with Crippen LogP contribution in [0.3, 0.4) is 0 Å². The molecule has 1 aliphatic heterocycles. The van der Waals surface area contributed by atoms with Crippen molar-refractivity contribution in [3.8, 4) is 0 Å². The van der Waals surface area contributed by atoms with Crippen LogP contribution in [0.2, 0.25) is 0 Å². The van der Waals surface area contributed by atoms with Crippen LogP contribution in [-0.2, 0) is 9.59 Å². The summed E-state index contributed by atoms with van der Waals surface area (Å²) in [5, 5.41) is 6.30. The van der Waals surface area contributed by atoms with Gasteiger partial charge in [-0.25, -0.2) is 0 Å². The van der Waals surface area contributed by atoms with E-state index in [9.17, 15) is 9.59 Å². The zero-order chi connectivity index (χ0) is 15.7. The van der Waals surface area contributed by atoms with Gasteiger partial charge in [0.25, 0.3) is 0 Å². The summed E-state index contributed by atoms with van der Waals surface area (Å²) in [4.78, 5) is 26.6. The second-order valence-corrected chi connectivity index (χ2v) is 7.69. The van der Waals surface area contributed by atoms with Crippen molar-refractivity contribution in [2.45, 2.75) is 52.0 Å². The first kappa shape index (κ1) is 16.3. The third-order valence-corrected chi connectivity index (χ3v) is 4.71. The Hall–Kier alpha value is -1.10. The highest BCUT2D eigenvalue weighted by molar-refractivity contribution is 5.88. The minimum atomic E-state index is -0.269. The van der Waals surface area contributed by atoms with Crippen LogP contribution in [0, 0.1) is 11.3 Å². The molecule has 0 aromatic heterocycles. The average Bonchev–Trinajstić information content (AvgIpc) is 2.80. The number of carbonyl (C=O) groups is 2. The SMILES string of the molecule is CN(CC(=O)NC(C)(C)C)C(=O)[C@@]12CCCC[C@H]1CNC2. The molecule has 2 aliphatic rings. The molecule has 0 aromatic carbocycles. The number of amides is 2. The molecule has 5 heteroatoms. The Morgan fingerprint density at radius 3 is 2.71 bits per heavy atom. The molecule has 1 saturated carbocycles. The topological polar surface area (TPSA) is 61.4 Å². The van der Waals surface area contributed by atoms with Crippen LogP contribution in [0.5, 0.6) is 0 Å². The molecule has 2 amide bonds. The molecular formula is C16H29N3O2. The van der Waals surface area contributed by atoms with Crippen molar-refractivity contribution in [3.05, 3.63) is 0 Å². The van der Waals surface area contributed by atoms with Gasteiger partial charge in [-0.1, -0.05) is 12.8 Å². The van der Waals surface area contributed by atoms with Crippen molar-refractivity contribution >= 4 is 11.8 Å². The number of carbonyl (C=O) groups excluding carboxylic acids is 2. The molecule has 1 aliphatic carbocycles. The molecule has 5 nitrogen and oxygen atoms in total. The van der Waals surface area contributed by atoms with Gasteiger partial charge in [-0.05, 0) is 46.1 Å². The van der Waals surface area contributed by atoms with Crippen molar-refractivity contribution in [1.29, 1.82) is 0 Å². The molecule has 2 rings (SSSR count). The van der Waals surface area contributed by atoms with Crippen molar-refractivity contribution in [2.24, 2.45) is 11.3 Å². The second kappa shape index (κ2) is 5.95. The van der Waals surface area contributed by atoms with Crippen molar-refractivity contribution in [2.75, 3.05) is 26.7 Å². The highest BCUT2D eigenvalue weighted by Crippen LogP contribution is 2.44. The van der Waals surface area contributed by atoms with Crippen LogP contribution in [0.4, 0.5) is 0 Å². The van der Waals surface area contributed by atoms with Gasteiger partial charge in [0.1, 0.15) is 0 Å². The van der Waals surface area contributed by atoms with E-state index in [1.54, 1.807) is 11.9 Å². The lowest BCUT2D eigenvalue weighted by molar-refractivity contribution is -0.146. The average molecular weight is 295 g/mol. The summed E-state index contributed by atoms with van der Waals surface area (Å²) in [6, 6.07) is 0.